The highest BCUT2D eigenvalue weighted by atomic mass is 19.2. The Morgan fingerprint density at radius 2 is 1.81 bits per heavy atom. The molecule has 2 aliphatic rings. The molecule has 0 aromatic heterocycles. The van der Waals surface area contributed by atoms with E-state index >= 15 is 0 Å². The van der Waals surface area contributed by atoms with Crippen LogP contribution in [0.3, 0.4) is 0 Å². The second-order valence-corrected chi connectivity index (χ2v) is 6.53. The molecule has 2 fully saturated rings. The van der Waals surface area contributed by atoms with Gasteiger partial charge in [0.1, 0.15) is 5.78 Å². The van der Waals surface area contributed by atoms with Crippen molar-refractivity contribution in [1.29, 1.82) is 0 Å². The van der Waals surface area contributed by atoms with E-state index < -0.39 is 11.6 Å². The van der Waals surface area contributed by atoms with Gasteiger partial charge in [-0.1, -0.05) is 12.1 Å². The summed E-state index contributed by atoms with van der Waals surface area (Å²) in [5, 5.41) is 0. The fourth-order valence-corrected chi connectivity index (χ4v) is 3.83. The van der Waals surface area contributed by atoms with Crippen LogP contribution in [0.5, 0.6) is 0 Å². The topological polar surface area (TPSA) is 20.3 Å². The van der Waals surface area contributed by atoms with Crippen molar-refractivity contribution in [2.24, 2.45) is 5.92 Å². The Kier molecular flexibility index (Phi) is 3.82. The minimum atomic E-state index is -0.862. The molecule has 1 aromatic rings. The highest BCUT2D eigenvalue weighted by molar-refractivity contribution is 5.83. The van der Waals surface area contributed by atoms with Gasteiger partial charge in [0, 0.05) is 24.4 Å². The van der Waals surface area contributed by atoms with Gasteiger partial charge >= 0.3 is 0 Å². The molecule has 2 atom stereocenters. The molecule has 0 aliphatic carbocycles. The van der Waals surface area contributed by atoms with E-state index in [0.717, 1.165) is 25.7 Å². The molecule has 0 radical (unpaired) electrons. The van der Waals surface area contributed by atoms with Crippen LogP contribution in [0, 0.1) is 24.5 Å². The third-order valence-corrected chi connectivity index (χ3v) is 5.27. The molecule has 2 aliphatic heterocycles. The SMILES string of the molecule is Cc1ccc(CC(=O)C2CC3CCC(C2)N3C)c(F)c1F. The molecule has 2 unspecified atom stereocenters. The highest BCUT2D eigenvalue weighted by Crippen LogP contribution is 2.38. The van der Waals surface area contributed by atoms with Gasteiger partial charge < -0.3 is 4.90 Å². The number of nitrogens with zero attached hydrogens (tertiary/aromatic N) is 1. The molecule has 21 heavy (non-hydrogen) atoms. The Labute approximate surface area is 124 Å². The molecule has 0 spiro atoms. The van der Waals surface area contributed by atoms with Gasteiger partial charge in [0.2, 0.25) is 0 Å². The Morgan fingerprint density at radius 1 is 1.19 bits per heavy atom. The molecule has 0 saturated carbocycles. The van der Waals surface area contributed by atoms with Crippen molar-refractivity contribution in [2.45, 2.75) is 51.1 Å². The summed E-state index contributed by atoms with van der Waals surface area (Å²) in [6, 6.07) is 4.05. The van der Waals surface area contributed by atoms with Crippen molar-refractivity contribution in [2.75, 3.05) is 7.05 Å². The van der Waals surface area contributed by atoms with Crippen LogP contribution in [-0.2, 0) is 11.2 Å². The zero-order valence-electron chi connectivity index (χ0n) is 12.5. The molecular weight excluding hydrogens is 272 g/mol. The van der Waals surface area contributed by atoms with Crippen molar-refractivity contribution in [3.63, 3.8) is 0 Å². The minimum Gasteiger partial charge on any atom is -0.300 e. The third kappa shape index (κ3) is 2.61. The standard InChI is InChI=1S/C17H21F2NO/c1-10-3-4-11(17(19)16(10)18)9-15(21)12-7-13-5-6-14(8-12)20(13)2/h3-4,12-14H,5-9H2,1-2H3. The van der Waals surface area contributed by atoms with Gasteiger partial charge in [0.05, 0.1) is 0 Å². The number of carbonyl (C=O) groups is 1. The van der Waals surface area contributed by atoms with Crippen molar-refractivity contribution in [3.8, 4) is 0 Å². The van der Waals surface area contributed by atoms with Gasteiger partial charge in [-0.15, -0.1) is 0 Å². The number of benzene rings is 1. The summed E-state index contributed by atoms with van der Waals surface area (Å²) in [4.78, 5) is 14.8. The maximum absolute atomic E-state index is 13.9. The molecule has 2 heterocycles. The van der Waals surface area contributed by atoms with Crippen LogP contribution in [0.2, 0.25) is 0 Å². The number of carbonyl (C=O) groups excluding carboxylic acids is 1. The Bertz CT molecular complexity index is 558. The number of hydrogen-bond acceptors (Lipinski definition) is 2. The summed E-state index contributed by atoms with van der Waals surface area (Å²) in [6.45, 7) is 1.53. The third-order valence-electron chi connectivity index (χ3n) is 5.27. The van der Waals surface area contributed by atoms with Gasteiger partial charge in [-0.3, -0.25) is 4.79 Å². The van der Waals surface area contributed by atoms with Crippen molar-refractivity contribution in [3.05, 3.63) is 34.9 Å². The van der Waals surface area contributed by atoms with Crippen LogP contribution in [0.15, 0.2) is 12.1 Å². The Hall–Kier alpha value is -1.29. The zero-order chi connectivity index (χ0) is 15.1. The lowest BCUT2D eigenvalue weighted by Gasteiger charge is -2.35. The van der Waals surface area contributed by atoms with Crippen molar-refractivity contribution < 1.29 is 13.6 Å². The lowest BCUT2D eigenvalue weighted by molar-refractivity contribution is -0.124. The smallest absolute Gasteiger partial charge is 0.162 e. The number of aryl methyl sites for hydroxylation is 1. The van der Waals surface area contributed by atoms with E-state index in [0.29, 0.717) is 12.1 Å². The number of piperidine rings is 1. The van der Waals surface area contributed by atoms with E-state index in [9.17, 15) is 13.6 Å². The second-order valence-electron chi connectivity index (χ2n) is 6.53. The first kappa shape index (κ1) is 14.6. The molecule has 114 valence electrons. The lowest BCUT2D eigenvalue weighted by atomic mass is 9.85. The van der Waals surface area contributed by atoms with Crippen LogP contribution in [-0.4, -0.2) is 29.8 Å². The Morgan fingerprint density at radius 3 is 2.43 bits per heavy atom. The fraction of sp³-hybridized carbons (Fsp3) is 0.588. The van der Waals surface area contributed by atoms with Gasteiger partial charge in [-0.05, 0) is 50.8 Å². The number of ketones is 1. The van der Waals surface area contributed by atoms with E-state index in [1.807, 2.05) is 0 Å². The van der Waals surface area contributed by atoms with Crippen LogP contribution >= 0.6 is 0 Å². The molecule has 0 amide bonds. The summed E-state index contributed by atoms with van der Waals surface area (Å²) >= 11 is 0. The molecule has 0 N–H and O–H groups in total. The van der Waals surface area contributed by atoms with Gasteiger partial charge in [0.15, 0.2) is 11.6 Å². The fourth-order valence-electron chi connectivity index (χ4n) is 3.83. The summed E-state index contributed by atoms with van der Waals surface area (Å²) in [7, 11) is 2.12. The molecule has 2 bridgehead atoms. The number of fused-ring (bicyclic) bond motifs is 2. The van der Waals surface area contributed by atoms with Crippen LogP contribution < -0.4 is 0 Å². The van der Waals surface area contributed by atoms with Gasteiger partial charge in [-0.2, -0.15) is 0 Å². The monoisotopic (exact) mass is 293 g/mol. The predicted octanol–water partition coefficient (Wildman–Crippen LogP) is 3.26. The normalized spacial score (nSPS) is 28.9. The average molecular weight is 293 g/mol. The van der Waals surface area contributed by atoms with E-state index in [1.165, 1.54) is 13.0 Å². The van der Waals surface area contributed by atoms with E-state index in [4.69, 9.17) is 0 Å². The Balaban J connectivity index is 1.71. The molecule has 2 nitrogen and oxygen atoms in total. The zero-order valence-corrected chi connectivity index (χ0v) is 12.5. The van der Waals surface area contributed by atoms with Gasteiger partial charge in [0.25, 0.3) is 0 Å². The first-order valence-corrected chi connectivity index (χ1v) is 7.65. The number of Topliss-reactive ketones (excluding diaryl/α,β-unsaturated/α-hetero) is 1. The summed E-state index contributed by atoms with van der Waals surface area (Å²) in [6.07, 6.45) is 4.04. The van der Waals surface area contributed by atoms with E-state index in [-0.39, 0.29) is 29.2 Å². The highest BCUT2D eigenvalue weighted by Gasteiger charge is 2.40. The molecule has 4 heteroatoms. The molecule has 3 rings (SSSR count). The van der Waals surface area contributed by atoms with Crippen LogP contribution in [0.1, 0.15) is 36.8 Å². The van der Waals surface area contributed by atoms with Crippen LogP contribution in [0.25, 0.3) is 0 Å². The molecule has 1 aromatic carbocycles. The maximum Gasteiger partial charge on any atom is 0.162 e. The molecular formula is C17H21F2NO. The predicted molar refractivity (Wildman–Crippen MR) is 77.1 cm³/mol. The first-order valence-electron chi connectivity index (χ1n) is 7.65. The van der Waals surface area contributed by atoms with E-state index in [1.54, 1.807) is 6.07 Å². The molecule has 2 saturated heterocycles. The summed E-state index contributed by atoms with van der Waals surface area (Å²) in [5.41, 5.74) is 0.468. The van der Waals surface area contributed by atoms with Crippen molar-refractivity contribution >= 4 is 5.78 Å². The minimum absolute atomic E-state index is 0.00228. The number of rotatable bonds is 3. The number of hydrogen-bond donors (Lipinski definition) is 0. The van der Waals surface area contributed by atoms with E-state index in [2.05, 4.69) is 11.9 Å². The summed E-state index contributed by atoms with van der Waals surface area (Å²) in [5.74, 6) is -1.63. The largest absolute Gasteiger partial charge is 0.300 e. The average Bonchev–Trinajstić information content (AvgIpc) is 2.68. The first-order chi connectivity index (χ1) is 9.97. The second kappa shape index (κ2) is 5.48. The maximum atomic E-state index is 13.9. The summed E-state index contributed by atoms with van der Waals surface area (Å²) < 4.78 is 27.5. The number of halogens is 2. The lowest BCUT2D eigenvalue weighted by Crippen LogP contribution is -2.42. The van der Waals surface area contributed by atoms with Crippen molar-refractivity contribution in [1.82, 2.24) is 4.90 Å². The van der Waals surface area contributed by atoms with Crippen LogP contribution in [0.4, 0.5) is 8.78 Å². The quantitative estimate of drug-likeness (QED) is 0.852. The van der Waals surface area contributed by atoms with Gasteiger partial charge in [-0.25, -0.2) is 8.78 Å².